The van der Waals surface area contributed by atoms with E-state index in [1.165, 1.54) is 29.4 Å². The number of rotatable bonds is 7. The van der Waals surface area contributed by atoms with E-state index in [-0.39, 0.29) is 12.5 Å². The van der Waals surface area contributed by atoms with Gasteiger partial charge in [0.15, 0.2) is 6.61 Å². The van der Waals surface area contributed by atoms with Gasteiger partial charge >= 0.3 is 5.97 Å². The molecule has 0 N–H and O–H groups in total. The van der Waals surface area contributed by atoms with Crippen LogP contribution < -0.4 is 4.74 Å². The third-order valence-corrected chi connectivity index (χ3v) is 3.71. The number of likely N-dealkylation sites (N-methyl/N-ethyl adjacent to an activating group) is 1. The first kappa shape index (κ1) is 17.9. The van der Waals surface area contributed by atoms with Crippen LogP contribution in [0.15, 0.2) is 53.3 Å². The number of carbonyl (C=O) groups excluding carboxylic acids is 2. The summed E-state index contributed by atoms with van der Waals surface area (Å²) in [5.74, 6) is -0.120. The fourth-order valence-electron chi connectivity index (χ4n) is 1.76. The molecule has 2 rings (SSSR count). The van der Waals surface area contributed by atoms with Crippen molar-refractivity contribution >= 4 is 27.8 Å². The fraction of sp³-hybridized carbons (Fsp3) is 0.235. The second-order valence-corrected chi connectivity index (χ2v) is 5.85. The number of aromatic nitrogens is 1. The van der Waals surface area contributed by atoms with Crippen LogP contribution in [-0.2, 0) is 9.53 Å². The zero-order chi connectivity index (χ0) is 17.4. The highest BCUT2D eigenvalue weighted by Crippen LogP contribution is 2.15. The largest absolute Gasteiger partial charge is 0.492 e. The first-order valence-corrected chi connectivity index (χ1v) is 8.05. The lowest BCUT2D eigenvalue weighted by Crippen LogP contribution is -2.34. The van der Waals surface area contributed by atoms with Crippen molar-refractivity contribution in [1.82, 2.24) is 9.88 Å². The number of amides is 1. The molecule has 1 heterocycles. The van der Waals surface area contributed by atoms with E-state index in [0.717, 1.165) is 10.2 Å². The Morgan fingerprint density at radius 3 is 2.46 bits per heavy atom. The lowest BCUT2D eigenvalue weighted by molar-refractivity contribution is -0.133. The van der Waals surface area contributed by atoms with Gasteiger partial charge in [-0.25, -0.2) is 4.79 Å². The summed E-state index contributed by atoms with van der Waals surface area (Å²) in [6.07, 6.45) is 2.98. The molecule has 0 atom stereocenters. The van der Waals surface area contributed by atoms with Gasteiger partial charge in [-0.2, -0.15) is 0 Å². The van der Waals surface area contributed by atoms with Gasteiger partial charge in [-0.05, 0) is 36.4 Å². The maximum atomic E-state index is 11.9. The Labute approximate surface area is 148 Å². The van der Waals surface area contributed by atoms with Crippen LogP contribution in [0.4, 0.5) is 0 Å². The van der Waals surface area contributed by atoms with Gasteiger partial charge in [0.05, 0.1) is 12.1 Å². The van der Waals surface area contributed by atoms with Gasteiger partial charge in [0.1, 0.15) is 12.4 Å². The van der Waals surface area contributed by atoms with Gasteiger partial charge in [0, 0.05) is 23.9 Å². The number of carbonyl (C=O) groups is 2. The molecule has 0 radical (unpaired) electrons. The van der Waals surface area contributed by atoms with E-state index in [4.69, 9.17) is 9.47 Å². The monoisotopic (exact) mass is 392 g/mol. The predicted octanol–water partition coefficient (Wildman–Crippen LogP) is 2.54. The maximum Gasteiger partial charge on any atom is 0.338 e. The number of pyridine rings is 1. The van der Waals surface area contributed by atoms with Crippen LogP contribution in [0.2, 0.25) is 0 Å². The average Bonchev–Trinajstić information content (AvgIpc) is 2.61. The summed E-state index contributed by atoms with van der Waals surface area (Å²) >= 11 is 3.35. The van der Waals surface area contributed by atoms with Crippen molar-refractivity contribution < 1.29 is 19.1 Å². The summed E-state index contributed by atoms with van der Waals surface area (Å²) in [7, 11) is 1.63. The standard InChI is InChI=1S/C17H17BrN2O4/c1-20(10-11-23-15-4-2-14(18)3-5-15)16(21)12-24-17(22)13-6-8-19-9-7-13/h2-9H,10-12H2,1H3. The van der Waals surface area contributed by atoms with E-state index in [1.54, 1.807) is 7.05 Å². The van der Waals surface area contributed by atoms with Gasteiger partial charge < -0.3 is 14.4 Å². The first-order chi connectivity index (χ1) is 11.6. The minimum Gasteiger partial charge on any atom is -0.492 e. The second kappa shape index (κ2) is 9.02. The van der Waals surface area contributed by atoms with Crippen LogP contribution in [0.3, 0.4) is 0 Å². The van der Waals surface area contributed by atoms with Crippen LogP contribution in [0.1, 0.15) is 10.4 Å². The van der Waals surface area contributed by atoms with Gasteiger partial charge in [-0.1, -0.05) is 15.9 Å². The van der Waals surface area contributed by atoms with E-state index in [1.807, 2.05) is 24.3 Å². The Morgan fingerprint density at radius 2 is 1.79 bits per heavy atom. The molecule has 24 heavy (non-hydrogen) atoms. The van der Waals surface area contributed by atoms with E-state index < -0.39 is 5.97 Å². The molecule has 6 nitrogen and oxygen atoms in total. The quantitative estimate of drug-likeness (QED) is 0.677. The Kier molecular flexibility index (Phi) is 6.74. The number of benzene rings is 1. The number of hydrogen-bond acceptors (Lipinski definition) is 5. The summed E-state index contributed by atoms with van der Waals surface area (Å²) < 4.78 is 11.5. The summed E-state index contributed by atoms with van der Waals surface area (Å²) in [6.45, 7) is 0.430. The zero-order valence-electron chi connectivity index (χ0n) is 13.1. The third kappa shape index (κ3) is 5.66. The molecule has 1 amide bonds. The third-order valence-electron chi connectivity index (χ3n) is 3.18. The molecule has 0 bridgehead atoms. The lowest BCUT2D eigenvalue weighted by Gasteiger charge is -2.17. The Hall–Kier alpha value is -2.41. The van der Waals surface area contributed by atoms with Crippen LogP contribution in [0.5, 0.6) is 5.75 Å². The minimum absolute atomic E-state index is 0.295. The molecule has 0 aliphatic rings. The molecule has 126 valence electrons. The smallest absolute Gasteiger partial charge is 0.338 e. The second-order valence-electron chi connectivity index (χ2n) is 4.93. The number of hydrogen-bond donors (Lipinski definition) is 0. The van der Waals surface area contributed by atoms with E-state index in [0.29, 0.717) is 18.7 Å². The Morgan fingerprint density at radius 1 is 1.12 bits per heavy atom. The molecule has 0 unspecified atom stereocenters. The molecule has 0 aliphatic heterocycles. The molecular weight excluding hydrogens is 376 g/mol. The summed E-state index contributed by atoms with van der Waals surface area (Å²) in [4.78, 5) is 29.0. The molecule has 7 heteroatoms. The Balaban J connectivity index is 1.70. The van der Waals surface area contributed by atoms with Crippen molar-refractivity contribution in [3.63, 3.8) is 0 Å². The van der Waals surface area contributed by atoms with Crippen molar-refractivity contribution in [2.45, 2.75) is 0 Å². The van der Waals surface area contributed by atoms with Crippen LogP contribution in [-0.4, -0.2) is 48.6 Å². The van der Waals surface area contributed by atoms with Crippen LogP contribution >= 0.6 is 15.9 Å². The normalized spacial score (nSPS) is 10.1. The molecule has 1 aromatic carbocycles. The van der Waals surface area contributed by atoms with Crippen molar-refractivity contribution in [2.75, 3.05) is 26.8 Å². The SMILES string of the molecule is CN(CCOc1ccc(Br)cc1)C(=O)COC(=O)c1ccncc1. The molecular formula is C17H17BrN2O4. The van der Waals surface area contributed by atoms with Crippen molar-refractivity contribution in [1.29, 1.82) is 0 Å². The molecule has 1 aromatic heterocycles. The lowest BCUT2D eigenvalue weighted by atomic mass is 10.3. The number of ether oxygens (including phenoxy) is 2. The van der Waals surface area contributed by atoms with E-state index in [9.17, 15) is 9.59 Å². The highest BCUT2D eigenvalue weighted by molar-refractivity contribution is 9.10. The van der Waals surface area contributed by atoms with Crippen molar-refractivity contribution in [3.8, 4) is 5.75 Å². The maximum absolute atomic E-state index is 11.9. The molecule has 0 spiro atoms. The van der Waals surface area contributed by atoms with Gasteiger partial charge in [0.25, 0.3) is 5.91 Å². The summed E-state index contributed by atoms with van der Waals surface area (Å²) in [5.41, 5.74) is 0.360. The van der Waals surface area contributed by atoms with Gasteiger partial charge in [-0.3, -0.25) is 9.78 Å². The minimum atomic E-state index is -0.551. The highest BCUT2D eigenvalue weighted by atomic mass is 79.9. The highest BCUT2D eigenvalue weighted by Gasteiger charge is 2.13. The van der Waals surface area contributed by atoms with E-state index in [2.05, 4.69) is 20.9 Å². The van der Waals surface area contributed by atoms with Crippen LogP contribution in [0, 0.1) is 0 Å². The molecule has 0 fully saturated rings. The summed E-state index contributed by atoms with van der Waals surface area (Å²) in [6, 6.07) is 10.5. The number of esters is 1. The van der Waals surface area contributed by atoms with Gasteiger partial charge in [-0.15, -0.1) is 0 Å². The van der Waals surface area contributed by atoms with Gasteiger partial charge in [0.2, 0.25) is 0 Å². The molecule has 0 aliphatic carbocycles. The molecule has 0 saturated heterocycles. The first-order valence-electron chi connectivity index (χ1n) is 7.26. The topological polar surface area (TPSA) is 68.7 Å². The zero-order valence-corrected chi connectivity index (χ0v) is 14.7. The van der Waals surface area contributed by atoms with Crippen molar-refractivity contribution in [2.24, 2.45) is 0 Å². The van der Waals surface area contributed by atoms with Crippen LogP contribution in [0.25, 0.3) is 0 Å². The van der Waals surface area contributed by atoms with Crippen molar-refractivity contribution in [3.05, 3.63) is 58.8 Å². The number of nitrogens with zero attached hydrogens (tertiary/aromatic N) is 2. The predicted molar refractivity (Wildman–Crippen MR) is 91.8 cm³/mol. The Bertz CT molecular complexity index is 677. The average molecular weight is 393 g/mol. The fourth-order valence-corrected chi connectivity index (χ4v) is 2.03. The molecule has 0 saturated carbocycles. The molecule has 2 aromatic rings. The summed E-state index contributed by atoms with van der Waals surface area (Å²) in [5, 5.41) is 0. The number of halogens is 1. The van der Waals surface area contributed by atoms with E-state index >= 15 is 0 Å².